The normalized spacial score (nSPS) is 15.9. The molecule has 0 bridgehead atoms. The van der Waals surface area contributed by atoms with Crippen LogP contribution in [0.5, 0.6) is 0 Å². The largest absolute Gasteiger partial charge is 0.345 e. The summed E-state index contributed by atoms with van der Waals surface area (Å²) >= 11 is 0. The molecule has 2 aromatic heterocycles. The zero-order valence-corrected chi connectivity index (χ0v) is 15.3. The molecule has 140 valence electrons. The minimum atomic E-state index is -0.230. The van der Waals surface area contributed by atoms with Gasteiger partial charge >= 0.3 is 0 Å². The van der Waals surface area contributed by atoms with Gasteiger partial charge in [-0.05, 0) is 31.9 Å². The number of nitrogens with zero attached hydrogens (tertiary/aromatic N) is 4. The molecule has 1 atom stereocenters. The molecule has 0 unspecified atom stereocenters. The van der Waals surface area contributed by atoms with Crippen LogP contribution < -0.4 is 10.7 Å². The van der Waals surface area contributed by atoms with E-state index >= 15 is 0 Å². The van der Waals surface area contributed by atoms with Gasteiger partial charge in [-0.1, -0.05) is 25.0 Å². The lowest BCUT2D eigenvalue weighted by atomic mass is 10.2. The maximum atomic E-state index is 12.6. The maximum Gasteiger partial charge on any atom is 0.240 e. The van der Waals surface area contributed by atoms with Crippen molar-refractivity contribution in [3.8, 4) is 0 Å². The van der Waals surface area contributed by atoms with Crippen molar-refractivity contribution in [2.45, 2.75) is 51.2 Å². The third kappa shape index (κ3) is 3.49. The van der Waals surface area contributed by atoms with Crippen LogP contribution in [0.3, 0.4) is 0 Å². The number of para-hydroxylation sites is 1. The summed E-state index contributed by atoms with van der Waals surface area (Å²) in [6.07, 6.45) is 8.15. The van der Waals surface area contributed by atoms with E-state index in [2.05, 4.69) is 20.1 Å². The predicted molar refractivity (Wildman–Crippen MR) is 102 cm³/mol. The molecule has 0 radical (unpaired) electrons. The molecule has 7 nitrogen and oxygen atoms in total. The molecule has 7 heteroatoms. The number of benzene rings is 1. The van der Waals surface area contributed by atoms with Gasteiger partial charge < -0.3 is 14.5 Å². The van der Waals surface area contributed by atoms with E-state index in [4.69, 9.17) is 0 Å². The molecule has 3 aromatic rings. The minimum Gasteiger partial charge on any atom is -0.345 e. The second-order valence-electron chi connectivity index (χ2n) is 7.15. The first-order valence-electron chi connectivity index (χ1n) is 9.40. The van der Waals surface area contributed by atoms with E-state index in [0.717, 1.165) is 24.2 Å². The first-order chi connectivity index (χ1) is 13.1. The third-order valence-corrected chi connectivity index (χ3v) is 5.28. The molecule has 1 fully saturated rings. The highest BCUT2D eigenvalue weighted by molar-refractivity contribution is 5.82. The van der Waals surface area contributed by atoms with E-state index in [1.54, 1.807) is 23.2 Å². The summed E-state index contributed by atoms with van der Waals surface area (Å²) in [6, 6.07) is 9.01. The molecular weight excluding hydrogens is 342 g/mol. The number of hydrogen-bond donors (Lipinski definition) is 1. The van der Waals surface area contributed by atoms with E-state index in [-0.39, 0.29) is 23.9 Å². The first kappa shape index (κ1) is 17.5. The van der Waals surface area contributed by atoms with Crippen LogP contribution >= 0.6 is 0 Å². The lowest BCUT2D eigenvalue weighted by Gasteiger charge is -2.19. The van der Waals surface area contributed by atoms with Gasteiger partial charge in [-0.2, -0.15) is 0 Å². The van der Waals surface area contributed by atoms with Crippen molar-refractivity contribution < 1.29 is 4.79 Å². The summed E-state index contributed by atoms with van der Waals surface area (Å²) in [5.74, 6) is 0.664. The molecule has 27 heavy (non-hydrogen) atoms. The Morgan fingerprint density at radius 2 is 2.04 bits per heavy atom. The van der Waals surface area contributed by atoms with Gasteiger partial charge in [-0.15, -0.1) is 10.2 Å². The molecule has 1 N–H and O–H groups in total. The maximum absolute atomic E-state index is 12.6. The fraction of sp³-hybridized carbons (Fsp3) is 0.400. The Labute approximate surface area is 157 Å². The fourth-order valence-electron chi connectivity index (χ4n) is 3.93. The van der Waals surface area contributed by atoms with Gasteiger partial charge in [0.1, 0.15) is 12.9 Å². The van der Waals surface area contributed by atoms with E-state index in [1.165, 1.54) is 18.9 Å². The highest BCUT2D eigenvalue weighted by Gasteiger charge is 2.23. The van der Waals surface area contributed by atoms with E-state index in [0.29, 0.717) is 11.4 Å². The Balaban J connectivity index is 1.50. The number of carbonyl (C=O) groups excluding carboxylic acids is 1. The summed E-state index contributed by atoms with van der Waals surface area (Å²) in [5, 5.41) is 11.9. The molecule has 2 heterocycles. The van der Waals surface area contributed by atoms with Crippen molar-refractivity contribution in [2.75, 3.05) is 0 Å². The van der Waals surface area contributed by atoms with Crippen LogP contribution in [-0.2, 0) is 11.3 Å². The van der Waals surface area contributed by atoms with Crippen LogP contribution in [0.4, 0.5) is 0 Å². The van der Waals surface area contributed by atoms with Gasteiger partial charge in [-0.3, -0.25) is 9.59 Å². The van der Waals surface area contributed by atoms with E-state index < -0.39 is 0 Å². The van der Waals surface area contributed by atoms with Crippen molar-refractivity contribution in [2.24, 2.45) is 0 Å². The molecule has 0 aliphatic heterocycles. The molecule has 1 aliphatic rings. The number of rotatable bonds is 5. The van der Waals surface area contributed by atoms with Crippen LogP contribution in [0.1, 0.15) is 50.5 Å². The SMILES string of the molecule is C[C@@H](NC(=O)Cn1ccc(=O)c2ccccc21)c1nncn1C1CCCC1. The zero-order valence-electron chi connectivity index (χ0n) is 15.3. The molecule has 1 saturated carbocycles. The number of pyridine rings is 1. The predicted octanol–water partition coefficient (Wildman–Crippen LogP) is 2.59. The number of hydrogen-bond acceptors (Lipinski definition) is 4. The van der Waals surface area contributed by atoms with Gasteiger partial charge in [0.15, 0.2) is 11.3 Å². The highest BCUT2D eigenvalue weighted by atomic mass is 16.2. The van der Waals surface area contributed by atoms with Crippen LogP contribution in [-0.4, -0.2) is 25.2 Å². The number of amides is 1. The van der Waals surface area contributed by atoms with Crippen molar-refractivity contribution in [1.82, 2.24) is 24.6 Å². The van der Waals surface area contributed by atoms with E-state index in [9.17, 15) is 9.59 Å². The Bertz CT molecular complexity index is 1020. The zero-order chi connectivity index (χ0) is 18.8. The molecule has 0 saturated heterocycles. The second kappa shape index (κ2) is 7.34. The van der Waals surface area contributed by atoms with Crippen LogP contribution in [0, 0.1) is 0 Å². The number of carbonyl (C=O) groups is 1. The van der Waals surface area contributed by atoms with Crippen molar-refractivity contribution >= 4 is 16.8 Å². The van der Waals surface area contributed by atoms with Gasteiger partial charge in [0, 0.05) is 23.7 Å². The van der Waals surface area contributed by atoms with Crippen LogP contribution in [0.2, 0.25) is 0 Å². The molecular formula is C20H23N5O2. The lowest BCUT2D eigenvalue weighted by Crippen LogP contribution is -2.32. The van der Waals surface area contributed by atoms with Crippen molar-refractivity contribution in [3.63, 3.8) is 0 Å². The van der Waals surface area contributed by atoms with Crippen molar-refractivity contribution in [1.29, 1.82) is 0 Å². The number of fused-ring (bicyclic) bond motifs is 1. The Morgan fingerprint density at radius 3 is 2.85 bits per heavy atom. The molecule has 0 spiro atoms. The smallest absolute Gasteiger partial charge is 0.240 e. The lowest BCUT2D eigenvalue weighted by molar-refractivity contribution is -0.122. The summed E-state index contributed by atoms with van der Waals surface area (Å²) in [5.41, 5.74) is 0.710. The third-order valence-electron chi connectivity index (χ3n) is 5.28. The quantitative estimate of drug-likeness (QED) is 0.753. The van der Waals surface area contributed by atoms with Crippen molar-refractivity contribution in [3.05, 3.63) is 58.9 Å². The monoisotopic (exact) mass is 365 g/mol. The summed E-state index contributed by atoms with van der Waals surface area (Å²) in [7, 11) is 0. The Kier molecular flexibility index (Phi) is 4.75. The van der Waals surface area contributed by atoms with Gasteiger partial charge in [-0.25, -0.2) is 0 Å². The molecule has 1 aliphatic carbocycles. The minimum absolute atomic E-state index is 0.0414. The number of aromatic nitrogens is 4. The Morgan fingerprint density at radius 1 is 1.26 bits per heavy atom. The first-order valence-corrected chi connectivity index (χ1v) is 9.40. The molecule has 1 amide bonds. The molecule has 4 rings (SSSR count). The van der Waals surface area contributed by atoms with E-state index in [1.807, 2.05) is 25.1 Å². The van der Waals surface area contributed by atoms with Gasteiger partial charge in [0.05, 0.1) is 11.6 Å². The van der Waals surface area contributed by atoms with Crippen LogP contribution in [0.25, 0.3) is 10.9 Å². The average molecular weight is 365 g/mol. The average Bonchev–Trinajstić information content (AvgIpc) is 3.35. The fourth-order valence-corrected chi connectivity index (χ4v) is 3.93. The van der Waals surface area contributed by atoms with Gasteiger partial charge in [0.25, 0.3) is 0 Å². The summed E-state index contributed by atoms with van der Waals surface area (Å²) in [4.78, 5) is 24.6. The Hall–Kier alpha value is -2.96. The standard InChI is InChI=1S/C20H23N5O2/c1-14(20-23-21-13-25(20)15-6-2-3-7-15)22-19(27)12-24-11-10-18(26)16-8-4-5-9-17(16)24/h4-5,8-11,13-15H,2-3,6-7,12H2,1H3,(H,22,27)/t14-/m1/s1. The topological polar surface area (TPSA) is 81.8 Å². The van der Waals surface area contributed by atoms with Crippen LogP contribution in [0.15, 0.2) is 47.7 Å². The number of nitrogens with one attached hydrogen (secondary N) is 1. The highest BCUT2D eigenvalue weighted by Crippen LogP contribution is 2.31. The summed E-state index contributed by atoms with van der Waals surface area (Å²) < 4.78 is 3.90. The van der Waals surface area contributed by atoms with Gasteiger partial charge in [0.2, 0.25) is 5.91 Å². The second-order valence-corrected chi connectivity index (χ2v) is 7.15. The summed E-state index contributed by atoms with van der Waals surface area (Å²) in [6.45, 7) is 2.07. The molecule has 1 aromatic carbocycles.